The van der Waals surface area contributed by atoms with E-state index in [0.29, 0.717) is 17.2 Å². The topological polar surface area (TPSA) is 75.3 Å². The molecule has 146 valence electrons. The highest BCUT2D eigenvalue weighted by molar-refractivity contribution is 7.98. The molecule has 2 aromatic rings. The van der Waals surface area contributed by atoms with Crippen LogP contribution in [0.3, 0.4) is 0 Å². The van der Waals surface area contributed by atoms with Crippen molar-refractivity contribution >= 4 is 39.3 Å². The highest BCUT2D eigenvalue weighted by Gasteiger charge is 2.26. The molecule has 2 unspecified atom stereocenters. The molecule has 0 radical (unpaired) electrons. The molecule has 0 saturated carbocycles. The summed E-state index contributed by atoms with van der Waals surface area (Å²) in [5, 5.41) is 3.50. The summed E-state index contributed by atoms with van der Waals surface area (Å²) in [4.78, 5) is 12.9. The lowest BCUT2D eigenvalue weighted by Gasteiger charge is -2.21. The van der Waals surface area contributed by atoms with Crippen molar-refractivity contribution in [1.82, 2.24) is 10.0 Å². The Hall–Kier alpha value is -1.54. The van der Waals surface area contributed by atoms with Gasteiger partial charge >= 0.3 is 0 Å². The predicted molar refractivity (Wildman–Crippen MR) is 112 cm³/mol. The summed E-state index contributed by atoms with van der Waals surface area (Å²) in [5.41, 5.74) is 0.891. The molecule has 2 N–H and O–H groups in total. The molecule has 0 spiro atoms. The number of rotatable bonds is 9. The number of hydrogen-bond donors (Lipinski definition) is 2. The maximum absolute atomic E-state index is 12.7. The van der Waals surface area contributed by atoms with E-state index in [1.165, 1.54) is 12.1 Å². The fraction of sp³-hybridized carbons (Fsp3) is 0.316. The van der Waals surface area contributed by atoms with Crippen molar-refractivity contribution in [3.05, 3.63) is 65.2 Å². The van der Waals surface area contributed by atoms with E-state index in [0.717, 1.165) is 5.56 Å². The van der Waals surface area contributed by atoms with Crippen LogP contribution < -0.4 is 10.0 Å². The maximum Gasteiger partial charge on any atom is 0.241 e. The summed E-state index contributed by atoms with van der Waals surface area (Å²) in [5.74, 6) is 0.302. The Labute approximate surface area is 169 Å². The minimum absolute atomic E-state index is 0.137. The first-order chi connectivity index (χ1) is 12.8. The first-order valence-corrected chi connectivity index (χ1v) is 11.7. The van der Waals surface area contributed by atoms with Crippen LogP contribution in [0.15, 0.2) is 59.5 Å². The van der Waals surface area contributed by atoms with E-state index in [1.807, 2.05) is 25.3 Å². The minimum Gasteiger partial charge on any atom is -0.348 e. The molecule has 2 atom stereocenters. The van der Waals surface area contributed by atoms with Gasteiger partial charge in [0.25, 0.3) is 0 Å². The summed E-state index contributed by atoms with van der Waals surface area (Å²) in [6.07, 6.45) is 2.31. The van der Waals surface area contributed by atoms with Crippen LogP contribution in [0.25, 0.3) is 0 Å². The smallest absolute Gasteiger partial charge is 0.241 e. The monoisotopic (exact) mass is 426 g/mol. The van der Waals surface area contributed by atoms with Crippen molar-refractivity contribution in [2.45, 2.75) is 30.3 Å². The highest BCUT2D eigenvalue weighted by Crippen LogP contribution is 2.17. The van der Waals surface area contributed by atoms with E-state index in [4.69, 9.17) is 11.6 Å². The lowest BCUT2D eigenvalue weighted by Crippen LogP contribution is -2.47. The van der Waals surface area contributed by atoms with Gasteiger partial charge in [-0.3, -0.25) is 4.79 Å². The second kappa shape index (κ2) is 10.1. The molecule has 2 rings (SSSR count). The van der Waals surface area contributed by atoms with Crippen LogP contribution in [-0.4, -0.2) is 32.4 Å². The van der Waals surface area contributed by atoms with Gasteiger partial charge in [0.05, 0.1) is 10.9 Å². The number of sulfonamides is 1. The summed E-state index contributed by atoms with van der Waals surface area (Å²) >= 11 is 7.45. The third-order valence-corrected chi connectivity index (χ3v) is 6.39. The van der Waals surface area contributed by atoms with Crippen LogP contribution in [0.2, 0.25) is 5.02 Å². The Morgan fingerprint density at radius 1 is 1.11 bits per heavy atom. The Kier molecular flexibility index (Phi) is 8.16. The largest absolute Gasteiger partial charge is 0.348 e. The van der Waals surface area contributed by atoms with Gasteiger partial charge in [0, 0.05) is 5.02 Å². The SMILES string of the molecule is CSCCC(NS(=O)(=O)c1ccccc1)C(=O)NC(C)c1ccc(Cl)cc1. The Bertz CT molecular complexity index is 843. The molecule has 0 aliphatic carbocycles. The van der Waals surface area contributed by atoms with Crippen molar-refractivity contribution < 1.29 is 13.2 Å². The lowest BCUT2D eigenvalue weighted by molar-refractivity contribution is -0.123. The zero-order chi connectivity index (χ0) is 19.9. The molecule has 2 aromatic carbocycles. The van der Waals surface area contributed by atoms with Gasteiger partial charge in [0.1, 0.15) is 6.04 Å². The van der Waals surface area contributed by atoms with Gasteiger partial charge in [-0.25, -0.2) is 8.42 Å². The molecule has 0 aliphatic rings. The molecule has 0 fully saturated rings. The minimum atomic E-state index is -3.78. The summed E-state index contributed by atoms with van der Waals surface area (Å²) in [6, 6.07) is 14.1. The zero-order valence-electron chi connectivity index (χ0n) is 15.2. The van der Waals surface area contributed by atoms with Gasteiger partial charge in [-0.2, -0.15) is 16.5 Å². The van der Waals surface area contributed by atoms with Gasteiger partial charge < -0.3 is 5.32 Å². The third-order valence-electron chi connectivity index (χ3n) is 4.01. The number of carbonyl (C=O) groups is 1. The predicted octanol–water partition coefficient (Wildman–Crippen LogP) is 3.62. The number of thioether (sulfide) groups is 1. The van der Waals surface area contributed by atoms with E-state index < -0.39 is 16.1 Å². The summed E-state index contributed by atoms with van der Waals surface area (Å²) in [7, 11) is -3.78. The van der Waals surface area contributed by atoms with Crippen molar-refractivity contribution in [2.75, 3.05) is 12.0 Å². The van der Waals surface area contributed by atoms with Crippen molar-refractivity contribution in [1.29, 1.82) is 0 Å². The average Bonchev–Trinajstić information content (AvgIpc) is 2.66. The molecular weight excluding hydrogens is 404 g/mol. The molecule has 5 nitrogen and oxygen atoms in total. The van der Waals surface area contributed by atoms with Crippen molar-refractivity contribution in [3.8, 4) is 0 Å². The highest BCUT2D eigenvalue weighted by atomic mass is 35.5. The van der Waals surface area contributed by atoms with Crippen molar-refractivity contribution in [2.24, 2.45) is 0 Å². The van der Waals surface area contributed by atoms with Crippen LogP contribution >= 0.6 is 23.4 Å². The summed E-state index contributed by atoms with van der Waals surface area (Å²) in [6.45, 7) is 1.85. The number of halogens is 1. The Morgan fingerprint density at radius 2 is 1.74 bits per heavy atom. The third kappa shape index (κ3) is 6.53. The van der Waals surface area contributed by atoms with E-state index in [1.54, 1.807) is 42.1 Å². The molecule has 0 heterocycles. The Balaban J connectivity index is 2.12. The molecular formula is C19H23ClN2O3S2. The van der Waals surface area contributed by atoms with Crippen LogP contribution in [0.5, 0.6) is 0 Å². The van der Waals surface area contributed by atoms with E-state index in [-0.39, 0.29) is 16.8 Å². The maximum atomic E-state index is 12.7. The fourth-order valence-electron chi connectivity index (χ4n) is 2.48. The van der Waals surface area contributed by atoms with Crippen LogP contribution in [0, 0.1) is 0 Å². The van der Waals surface area contributed by atoms with Gasteiger partial charge in [-0.15, -0.1) is 0 Å². The van der Waals surface area contributed by atoms with Gasteiger partial charge in [-0.1, -0.05) is 41.9 Å². The van der Waals surface area contributed by atoms with Crippen LogP contribution in [-0.2, 0) is 14.8 Å². The number of amides is 1. The van der Waals surface area contributed by atoms with E-state index >= 15 is 0 Å². The standard InChI is InChI=1S/C19H23ClN2O3S2/c1-14(15-8-10-16(20)11-9-15)21-19(23)18(12-13-26-2)22-27(24,25)17-6-4-3-5-7-17/h3-11,14,18,22H,12-13H2,1-2H3,(H,21,23). The molecule has 0 saturated heterocycles. The van der Waals surface area contributed by atoms with Crippen molar-refractivity contribution in [3.63, 3.8) is 0 Å². The number of carbonyl (C=O) groups excluding carboxylic acids is 1. The normalized spacial score (nSPS) is 13.7. The van der Waals surface area contributed by atoms with Crippen LogP contribution in [0.1, 0.15) is 24.9 Å². The molecule has 0 bridgehead atoms. The van der Waals surface area contributed by atoms with E-state index in [9.17, 15) is 13.2 Å². The average molecular weight is 427 g/mol. The second-order valence-electron chi connectivity index (χ2n) is 6.05. The fourth-order valence-corrected chi connectivity index (χ4v) is 4.33. The molecule has 0 aromatic heterocycles. The molecule has 27 heavy (non-hydrogen) atoms. The Morgan fingerprint density at radius 3 is 2.33 bits per heavy atom. The number of hydrogen-bond acceptors (Lipinski definition) is 4. The zero-order valence-corrected chi connectivity index (χ0v) is 17.6. The lowest BCUT2D eigenvalue weighted by atomic mass is 10.1. The molecule has 0 aliphatic heterocycles. The molecule has 1 amide bonds. The first kappa shape index (κ1) is 21.8. The van der Waals surface area contributed by atoms with Gasteiger partial charge in [0.15, 0.2) is 0 Å². The number of benzene rings is 2. The van der Waals surface area contributed by atoms with Crippen LogP contribution in [0.4, 0.5) is 0 Å². The number of nitrogens with one attached hydrogen (secondary N) is 2. The van der Waals surface area contributed by atoms with Gasteiger partial charge in [0.2, 0.25) is 15.9 Å². The van der Waals surface area contributed by atoms with Gasteiger partial charge in [-0.05, 0) is 55.2 Å². The summed E-state index contributed by atoms with van der Waals surface area (Å²) < 4.78 is 27.7. The molecule has 8 heteroatoms. The van der Waals surface area contributed by atoms with E-state index in [2.05, 4.69) is 10.0 Å². The second-order valence-corrected chi connectivity index (χ2v) is 9.19. The quantitative estimate of drug-likeness (QED) is 0.642. The first-order valence-electron chi connectivity index (χ1n) is 8.45.